The van der Waals surface area contributed by atoms with Crippen molar-refractivity contribution >= 4 is 17.2 Å². The molecule has 2 heterocycles. The Morgan fingerprint density at radius 1 is 1.48 bits per heavy atom. The maximum Gasteiger partial charge on any atom is 0.241 e. The van der Waals surface area contributed by atoms with Crippen LogP contribution < -0.4 is 5.32 Å². The van der Waals surface area contributed by atoms with Crippen molar-refractivity contribution in [2.24, 2.45) is 0 Å². The van der Waals surface area contributed by atoms with Crippen molar-refractivity contribution in [3.8, 4) is 0 Å². The quantitative estimate of drug-likeness (QED) is 0.841. The average molecular weight is 309 g/mol. The van der Waals surface area contributed by atoms with E-state index in [1.807, 2.05) is 4.90 Å². The second-order valence-electron chi connectivity index (χ2n) is 6.08. The summed E-state index contributed by atoms with van der Waals surface area (Å²) in [5.74, 6) is 0.260. The summed E-state index contributed by atoms with van der Waals surface area (Å²) < 4.78 is 0. The normalized spacial score (nSPS) is 24.0. The summed E-state index contributed by atoms with van der Waals surface area (Å²) in [6, 6.07) is 4.50. The minimum absolute atomic E-state index is 0.0218. The van der Waals surface area contributed by atoms with Gasteiger partial charge in [0, 0.05) is 17.5 Å². The first kappa shape index (κ1) is 16.5. The van der Waals surface area contributed by atoms with Crippen molar-refractivity contribution in [2.45, 2.75) is 51.4 Å². The number of amides is 1. The predicted molar refractivity (Wildman–Crippen MR) is 88.4 cm³/mol. The van der Waals surface area contributed by atoms with Gasteiger partial charge in [-0.15, -0.1) is 11.3 Å². The third kappa shape index (κ3) is 3.84. The molecule has 3 atom stereocenters. The summed E-state index contributed by atoms with van der Waals surface area (Å²) in [7, 11) is 4.13. The predicted octanol–water partition coefficient (Wildman–Crippen LogP) is 2.69. The number of likely N-dealkylation sites (N-methyl/N-ethyl adjacent to an activating group) is 1. The molecule has 1 aromatic rings. The van der Waals surface area contributed by atoms with Crippen LogP contribution in [0, 0.1) is 0 Å². The molecule has 1 amide bonds. The van der Waals surface area contributed by atoms with E-state index in [4.69, 9.17) is 0 Å². The van der Waals surface area contributed by atoms with Crippen LogP contribution in [-0.2, 0) is 4.79 Å². The van der Waals surface area contributed by atoms with Gasteiger partial charge in [0.25, 0.3) is 0 Å². The largest absolute Gasteiger partial charge is 0.319 e. The summed E-state index contributed by atoms with van der Waals surface area (Å²) in [6.45, 7) is 5.10. The number of carbonyl (C=O) groups is 1. The Labute approximate surface area is 132 Å². The van der Waals surface area contributed by atoms with Gasteiger partial charge in [-0.2, -0.15) is 0 Å². The van der Waals surface area contributed by atoms with E-state index in [2.05, 4.69) is 55.7 Å². The zero-order valence-corrected chi connectivity index (χ0v) is 14.3. The maximum atomic E-state index is 12.7. The van der Waals surface area contributed by atoms with E-state index in [9.17, 15) is 4.79 Å². The Kier molecular flexibility index (Phi) is 5.79. The van der Waals surface area contributed by atoms with E-state index in [1.165, 1.54) is 4.88 Å². The Hall–Kier alpha value is -0.910. The lowest BCUT2D eigenvalue weighted by Crippen LogP contribution is -2.41. The standard InChI is InChI=1S/C16H27N3OS/c1-5-6-8-13-16(20)19(11-12(2)18(3)4)15(17-13)14-9-7-10-21-14/h7,9-10,12-13,15,17H,5-6,8,11H2,1-4H3. The molecule has 118 valence electrons. The van der Waals surface area contributed by atoms with Crippen LogP contribution in [0.1, 0.15) is 44.2 Å². The van der Waals surface area contributed by atoms with Crippen molar-refractivity contribution in [1.29, 1.82) is 0 Å². The van der Waals surface area contributed by atoms with Crippen molar-refractivity contribution in [3.63, 3.8) is 0 Å². The molecule has 1 aliphatic heterocycles. The molecule has 1 saturated heterocycles. The first-order chi connectivity index (χ1) is 10.0. The van der Waals surface area contributed by atoms with Crippen molar-refractivity contribution in [1.82, 2.24) is 15.1 Å². The van der Waals surface area contributed by atoms with Crippen LogP contribution >= 0.6 is 11.3 Å². The molecule has 1 fully saturated rings. The van der Waals surface area contributed by atoms with Gasteiger partial charge >= 0.3 is 0 Å². The zero-order valence-electron chi connectivity index (χ0n) is 13.5. The van der Waals surface area contributed by atoms with Crippen LogP contribution in [0.3, 0.4) is 0 Å². The lowest BCUT2D eigenvalue weighted by atomic mass is 10.1. The minimum Gasteiger partial charge on any atom is -0.319 e. The molecular weight excluding hydrogens is 282 g/mol. The number of nitrogens with one attached hydrogen (secondary N) is 1. The lowest BCUT2D eigenvalue weighted by molar-refractivity contribution is -0.130. The Bertz CT molecular complexity index is 446. The Morgan fingerprint density at radius 3 is 2.81 bits per heavy atom. The van der Waals surface area contributed by atoms with Crippen LogP contribution in [0.2, 0.25) is 0 Å². The van der Waals surface area contributed by atoms with E-state index in [-0.39, 0.29) is 18.1 Å². The van der Waals surface area contributed by atoms with Crippen LogP contribution in [0.25, 0.3) is 0 Å². The first-order valence-corrected chi connectivity index (χ1v) is 8.69. The van der Waals surface area contributed by atoms with Gasteiger partial charge in [-0.25, -0.2) is 0 Å². The summed E-state index contributed by atoms with van der Waals surface area (Å²) >= 11 is 1.72. The molecule has 2 rings (SSSR count). The van der Waals surface area contributed by atoms with Gasteiger partial charge in [0.1, 0.15) is 6.17 Å². The van der Waals surface area contributed by atoms with E-state index >= 15 is 0 Å². The number of nitrogens with zero attached hydrogens (tertiary/aromatic N) is 2. The van der Waals surface area contributed by atoms with E-state index in [0.29, 0.717) is 6.04 Å². The fourth-order valence-electron chi connectivity index (χ4n) is 2.62. The van der Waals surface area contributed by atoms with Crippen LogP contribution in [0.15, 0.2) is 17.5 Å². The van der Waals surface area contributed by atoms with E-state index < -0.39 is 0 Å². The fraction of sp³-hybridized carbons (Fsp3) is 0.688. The first-order valence-electron chi connectivity index (χ1n) is 7.81. The second-order valence-corrected chi connectivity index (χ2v) is 7.06. The SMILES string of the molecule is CCCCC1NC(c2cccs2)N(CC(C)N(C)C)C1=O. The third-order valence-electron chi connectivity index (χ3n) is 4.25. The highest BCUT2D eigenvalue weighted by molar-refractivity contribution is 7.10. The molecule has 5 heteroatoms. The van der Waals surface area contributed by atoms with Gasteiger partial charge in [-0.3, -0.25) is 10.1 Å². The summed E-state index contributed by atoms with van der Waals surface area (Å²) in [5, 5.41) is 5.62. The molecule has 0 aliphatic carbocycles. The molecular formula is C16H27N3OS. The maximum absolute atomic E-state index is 12.7. The molecule has 0 saturated carbocycles. The van der Waals surface area contributed by atoms with Crippen molar-refractivity contribution in [2.75, 3.05) is 20.6 Å². The van der Waals surface area contributed by atoms with Crippen LogP contribution in [0.5, 0.6) is 0 Å². The fourth-order valence-corrected chi connectivity index (χ4v) is 3.42. The van der Waals surface area contributed by atoms with Crippen LogP contribution in [-0.4, -0.2) is 48.4 Å². The van der Waals surface area contributed by atoms with Gasteiger partial charge in [-0.05, 0) is 38.9 Å². The van der Waals surface area contributed by atoms with Gasteiger partial charge < -0.3 is 9.80 Å². The molecule has 1 N–H and O–H groups in total. The molecule has 0 bridgehead atoms. The number of unbranched alkanes of at least 4 members (excludes halogenated alkanes) is 1. The smallest absolute Gasteiger partial charge is 0.241 e. The van der Waals surface area contributed by atoms with Crippen LogP contribution in [0.4, 0.5) is 0 Å². The number of carbonyl (C=O) groups excluding carboxylic acids is 1. The summed E-state index contributed by atoms with van der Waals surface area (Å²) in [5.41, 5.74) is 0. The van der Waals surface area contributed by atoms with Gasteiger partial charge in [0.15, 0.2) is 0 Å². The second kappa shape index (κ2) is 7.38. The number of hydrogen-bond acceptors (Lipinski definition) is 4. The number of thiophene rings is 1. The molecule has 1 aromatic heterocycles. The van der Waals surface area contributed by atoms with Gasteiger partial charge in [-0.1, -0.05) is 25.8 Å². The van der Waals surface area contributed by atoms with E-state index in [1.54, 1.807) is 11.3 Å². The Balaban J connectivity index is 2.13. The summed E-state index contributed by atoms with van der Waals surface area (Å²) in [6.07, 6.45) is 3.20. The molecule has 0 aromatic carbocycles. The molecule has 4 nitrogen and oxygen atoms in total. The van der Waals surface area contributed by atoms with Gasteiger partial charge in [0.2, 0.25) is 5.91 Å². The number of hydrogen-bond donors (Lipinski definition) is 1. The zero-order chi connectivity index (χ0) is 15.4. The minimum atomic E-state index is -0.0218. The molecule has 1 aliphatic rings. The molecule has 0 spiro atoms. The van der Waals surface area contributed by atoms with Crippen molar-refractivity contribution < 1.29 is 4.79 Å². The monoisotopic (exact) mass is 309 g/mol. The van der Waals surface area contributed by atoms with Gasteiger partial charge in [0.05, 0.1) is 6.04 Å². The highest BCUT2D eigenvalue weighted by atomic mass is 32.1. The van der Waals surface area contributed by atoms with Crippen molar-refractivity contribution in [3.05, 3.63) is 22.4 Å². The Morgan fingerprint density at radius 2 is 2.24 bits per heavy atom. The molecule has 3 unspecified atom stereocenters. The molecule has 0 radical (unpaired) electrons. The number of rotatable bonds is 7. The third-order valence-corrected chi connectivity index (χ3v) is 5.18. The highest BCUT2D eigenvalue weighted by Crippen LogP contribution is 2.30. The summed E-state index contributed by atoms with van der Waals surface area (Å²) in [4.78, 5) is 18.1. The highest BCUT2D eigenvalue weighted by Gasteiger charge is 2.40. The lowest BCUT2D eigenvalue weighted by Gasteiger charge is -2.29. The molecule has 21 heavy (non-hydrogen) atoms. The van der Waals surface area contributed by atoms with E-state index in [0.717, 1.165) is 25.8 Å². The average Bonchev–Trinajstić information content (AvgIpc) is 3.07. The topological polar surface area (TPSA) is 35.6 Å².